The molecular formula is C12H9ClFNO. The van der Waals surface area contributed by atoms with Gasteiger partial charge in [0, 0.05) is 6.07 Å². The fourth-order valence-corrected chi connectivity index (χ4v) is 1.59. The summed E-state index contributed by atoms with van der Waals surface area (Å²) in [5, 5.41) is 0.346. The van der Waals surface area contributed by atoms with Crippen LogP contribution in [0, 0.1) is 5.82 Å². The summed E-state index contributed by atoms with van der Waals surface area (Å²) in [6.45, 7) is 0. The number of halogens is 2. The molecule has 0 radical (unpaired) electrons. The molecule has 2 nitrogen and oxygen atoms in total. The lowest BCUT2D eigenvalue weighted by atomic mass is 10.1. The Balaban J connectivity index is 2.47. The van der Waals surface area contributed by atoms with Gasteiger partial charge >= 0.3 is 0 Å². The number of nitrogens with zero attached hydrogens (tertiary/aromatic N) is 1. The monoisotopic (exact) mass is 237 g/mol. The lowest BCUT2D eigenvalue weighted by Gasteiger charge is -2.05. The van der Waals surface area contributed by atoms with Crippen molar-refractivity contribution in [2.45, 2.75) is 0 Å². The lowest BCUT2D eigenvalue weighted by molar-refractivity contribution is 0.398. The molecule has 2 aromatic rings. The zero-order chi connectivity index (χ0) is 11.5. The van der Waals surface area contributed by atoms with Gasteiger partial charge in [-0.2, -0.15) is 0 Å². The van der Waals surface area contributed by atoms with Crippen molar-refractivity contribution in [2.75, 3.05) is 7.11 Å². The zero-order valence-electron chi connectivity index (χ0n) is 8.58. The van der Waals surface area contributed by atoms with Crippen LogP contribution in [-0.4, -0.2) is 12.1 Å². The van der Waals surface area contributed by atoms with E-state index >= 15 is 0 Å². The highest BCUT2D eigenvalue weighted by Crippen LogP contribution is 2.25. The van der Waals surface area contributed by atoms with Crippen LogP contribution in [0.5, 0.6) is 5.88 Å². The third-order valence-electron chi connectivity index (χ3n) is 2.16. The molecule has 0 atom stereocenters. The molecule has 0 aliphatic carbocycles. The first-order valence-corrected chi connectivity index (χ1v) is 5.04. The van der Waals surface area contributed by atoms with Crippen molar-refractivity contribution in [1.82, 2.24) is 4.98 Å². The van der Waals surface area contributed by atoms with Crippen molar-refractivity contribution in [3.63, 3.8) is 0 Å². The molecule has 0 amide bonds. The molecule has 16 heavy (non-hydrogen) atoms. The van der Waals surface area contributed by atoms with E-state index in [1.54, 1.807) is 24.3 Å². The topological polar surface area (TPSA) is 22.1 Å². The quantitative estimate of drug-likeness (QED) is 0.746. The maximum atomic E-state index is 12.8. The molecular weight excluding hydrogens is 229 g/mol. The van der Waals surface area contributed by atoms with E-state index in [1.807, 2.05) is 0 Å². The van der Waals surface area contributed by atoms with Crippen LogP contribution in [0.1, 0.15) is 0 Å². The maximum Gasteiger partial charge on any atom is 0.214 e. The van der Waals surface area contributed by atoms with Crippen molar-refractivity contribution in [1.29, 1.82) is 0 Å². The molecule has 0 aliphatic heterocycles. The molecule has 0 bridgehead atoms. The first-order valence-electron chi connectivity index (χ1n) is 4.66. The minimum absolute atomic E-state index is 0.268. The fraction of sp³-hybridized carbons (Fsp3) is 0.0833. The Labute approximate surface area is 97.7 Å². The van der Waals surface area contributed by atoms with Crippen LogP contribution in [0.4, 0.5) is 4.39 Å². The molecule has 0 N–H and O–H groups in total. The second-order valence-electron chi connectivity index (χ2n) is 3.23. The van der Waals surface area contributed by atoms with Crippen LogP contribution in [0.25, 0.3) is 11.1 Å². The smallest absolute Gasteiger partial charge is 0.214 e. The van der Waals surface area contributed by atoms with Gasteiger partial charge in [-0.25, -0.2) is 9.37 Å². The molecule has 0 aliphatic rings. The lowest BCUT2D eigenvalue weighted by Crippen LogP contribution is -1.89. The fourth-order valence-electron chi connectivity index (χ4n) is 1.39. The van der Waals surface area contributed by atoms with E-state index < -0.39 is 0 Å². The Morgan fingerprint density at radius 2 is 1.81 bits per heavy atom. The van der Waals surface area contributed by atoms with Gasteiger partial charge in [0.2, 0.25) is 5.88 Å². The molecule has 0 fully saturated rings. The second kappa shape index (κ2) is 4.49. The predicted octanol–water partition coefficient (Wildman–Crippen LogP) is 3.55. The Kier molecular flexibility index (Phi) is 3.06. The van der Waals surface area contributed by atoms with Crippen LogP contribution < -0.4 is 4.74 Å². The van der Waals surface area contributed by atoms with Crippen LogP contribution in [0.3, 0.4) is 0 Å². The highest BCUT2D eigenvalue weighted by Gasteiger charge is 2.03. The van der Waals surface area contributed by atoms with Gasteiger partial charge in [-0.3, -0.25) is 0 Å². The number of rotatable bonds is 2. The van der Waals surface area contributed by atoms with E-state index in [1.165, 1.54) is 19.2 Å². The number of benzene rings is 1. The van der Waals surface area contributed by atoms with Crippen LogP contribution in [-0.2, 0) is 0 Å². The normalized spacial score (nSPS) is 10.2. The van der Waals surface area contributed by atoms with Crippen molar-refractivity contribution in [3.05, 3.63) is 47.4 Å². The Morgan fingerprint density at radius 3 is 2.44 bits per heavy atom. The van der Waals surface area contributed by atoms with Gasteiger partial charge in [-0.05, 0) is 29.3 Å². The van der Waals surface area contributed by atoms with E-state index in [0.717, 1.165) is 11.1 Å². The minimum atomic E-state index is -0.268. The first kappa shape index (κ1) is 10.9. The second-order valence-corrected chi connectivity index (χ2v) is 3.62. The van der Waals surface area contributed by atoms with Crippen molar-refractivity contribution in [3.8, 4) is 17.0 Å². The Bertz CT molecular complexity index is 499. The van der Waals surface area contributed by atoms with Gasteiger partial charge in [-0.15, -0.1) is 0 Å². The van der Waals surface area contributed by atoms with E-state index in [9.17, 15) is 4.39 Å². The predicted molar refractivity (Wildman–Crippen MR) is 61.2 cm³/mol. The molecule has 1 heterocycles. The van der Waals surface area contributed by atoms with Crippen LogP contribution in [0.2, 0.25) is 5.15 Å². The van der Waals surface area contributed by atoms with Gasteiger partial charge in [0.15, 0.2) is 0 Å². The van der Waals surface area contributed by atoms with Gasteiger partial charge in [-0.1, -0.05) is 23.7 Å². The maximum absolute atomic E-state index is 12.8. The standard InChI is InChI=1S/C12H9ClFNO/c1-16-12-7-9(6-11(13)15-12)8-2-4-10(14)5-3-8/h2-7H,1H3. The summed E-state index contributed by atoms with van der Waals surface area (Å²) >= 11 is 5.84. The molecule has 1 aromatic heterocycles. The molecule has 0 saturated heterocycles. The number of aromatic nitrogens is 1. The van der Waals surface area contributed by atoms with Gasteiger partial charge in [0.1, 0.15) is 11.0 Å². The number of hydrogen-bond donors (Lipinski definition) is 0. The number of ether oxygens (including phenoxy) is 1. The first-order chi connectivity index (χ1) is 7.69. The zero-order valence-corrected chi connectivity index (χ0v) is 9.33. The van der Waals surface area contributed by atoms with Crippen molar-refractivity contribution in [2.24, 2.45) is 0 Å². The van der Waals surface area contributed by atoms with E-state index in [2.05, 4.69) is 4.98 Å². The third-order valence-corrected chi connectivity index (χ3v) is 2.35. The Hall–Kier alpha value is -1.61. The van der Waals surface area contributed by atoms with E-state index in [0.29, 0.717) is 11.0 Å². The average molecular weight is 238 g/mol. The third kappa shape index (κ3) is 2.31. The number of methoxy groups -OCH3 is 1. The Morgan fingerprint density at radius 1 is 1.12 bits per heavy atom. The highest BCUT2D eigenvalue weighted by atomic mass is 35.5. The average Bonchev–Trinajstić information content (AvgIpc) is 2.29. The molecule has 0 saturated carbocycles. The summed E-state index contributed by atoms with van der Waals surface area (Å²) in [7, 11) is 1.52. The van der Waals surface area contributed by atoms with Gasteiger partial charge in [0.05, 0.1) is 7.11 Å². The SMILES string of the molecule is COc1cc(-c2ccc(F)cc2)cc(Cl)n1. The highest BCUT2D eigenvalue weighted by molar-refractivity contribution is 6.29. The van der Waals surface area contributed by atoms with Crippen molar-refractivity contribution >= 4 is 11.6 Å². The number of pyridine rings is 1. The summed E-state index contributed by atoms with van der Waals surface area (Å²) in [5.41, 5.74) is 1.71. The van der Waals surface area contributed by atoms with E-state index in [4.69, 9.17) is 16.3 Å². The molecule has 0 spiro atoms. The van der Waals surface area contributed by atoms with E-state index in [-0.39, 0.29) is 5.82 Å². The van der Waals surface area contributed by atoms with Gasteiger partial charge in [0.25, 0.3) is 0 Å². The summed E-state index contributed by atoms with van der Waals surface area (Å²) < 4.78 is 17.8. The molecule has 82 valence electrons. The van der Waals surface area contributed by atoms with Crippen LogP contribution in [0.15, 0.2) is 36.4 Å². The number of hydrogen-bond acceptors (Lipinski definition) is 2. The minimum Gasteiger partial charge on any atom is -0.481 e. The van der Waals surface area contributed by atoms with Crippen molar-refractivity contribution < 1.29 is 9.13 Å². The summed E-state index contributed by atoms with van der Waals surface area (Å²) in [6.07, 6.45) is 0. The molecule has 0 unspecified atom stereocenters. The summed E-state index contributed by atoms with van der Waals surface area (Å²) in [6, 6.07) is 9.61. The van der Waals surface area contributed by atoms with Crippen LogP contribution >= 0.6 is 11.6 Å². The largest absolute Gasteiger partial charge is 0.481 e. The van der Waals surface area contributed by atoms with Gasteiger partial charge < -0.3 is 4.74 Å². The molecule has 1 aromatic carbocycles. The summed E-state index contributed by atoms with van der Waals surface area (Å²) in [4.78, 5) is 3.96. The molecule has 2 rings (SSSR count). The molecule has 4 heteroatoms. The summed E-state index contributed by atoms with van der Waals surface area (Å²) in [5.74, 6) is 0.169.